The minimum absolute atomic E-state index is 0.0884. The van der Waals surface area contributed by atoms with Crippen LogP contribution in [0.15, 0.2) is 36.0 Å². The number of carbonyl (C=O) groups is 1. The van der Waals surface area contributed by atoms with E-state index in [1.54, 1.807) is 0 Å². The Kier molecular flexibility index (Phi) is 4.55. The second kappa shape index (κ2) is 6.77. The average Bonchev–Trinajstić information content (AvgIpc) is 3.02. The summed E-state index contributed by atoms with van der Waals surface area (Å²) >= 11 is 0. The molecule has 0 aromatic carbocycles. The SMILES string of the molecule is CC(=O)[C@H]1[C@H](c2ccccn2)CC2C3CC=C4C[C@@H](O)CC[C@]4(C)C3CC[C@@]21C. The van der Waals surface area contributed by atoms with Crippen molar-refractivity contribution in [3.8, 4) is 0 Å². The molecule has 1 aromatic rings. The number of aromatic nitrogens is 1. The van der Waals surface area contributed by atoms with Gasteiger partial charge in [0.2, 0.25) is 0 Å². The van der Waals surface area contributed by atoms with Crippen LogP contribution in [0.4, 0.5) is 0 Å². The average molecular weight is 394 g/mol. The number of rotatable bonds is 2. The quantitative estimate of drug-likeness (QED) is 0.693. The van der Waals surface area contributed by atoms with Gasteiger partial charge in [0.15, 0.2) is 0 Å². The maximum atomic E-state index is 12.9. The van der Waals surface area contributed by atoms with Crippen LogP contribution < -0.4 is 0 Å². The van der Waals surface area contributed by atoms with Crippen LogP contribution in [0.2, 0.25) is 0 Å². The Morgan fingerprint density at radius 1 is 1.17 bits per heavy atom. The summed E-state index contributed by atoms with van der Waals surface area (Å²) in [5.74, 6) is 2.65. The Hall–Kier alpha value is -1.48. The van der Waals surface area contributed by atoms with E-state index in [4.69, 9.17) is 0 Å². The number of Topliss-reactive ketones (excluding diaryl/α,β-unsaturated/α-hetero) is 1. The molecule has 4 aliphatic rings. The summed E-state index contributed by atoms with van der Waals surface area (Å²) in [6.45, 7) is 6.69. The van der Waals surface area contributed by atoms with Gasteiger partial charge in [-0.2, -0.15) is 0 Å². The highest BCUT2D eigenvalue weighted by molar-refractivity contribution is 5.81. The molecule has 0 amide bonds. The molecule has 3 fully saturated rings. The van der Waals surface area contributed by atoms with Crippen LogP contribution in [-0.4, -0.2) is 22.0 Å². The first-order valence-corrected chi connectivity index (χ1v) is 11.6. The Morgan fingerprint density at radius 2 is 2.00 bits per heavy atom. The fraction of sp³-hybridized carbons (Fsp3) is 0.692. The highest BCUT2D eigenvalue weighted by Crippen LogP contribution is 2.68. The van der Waals surface area contributed by atoms with Crippen molar-refractivity contribution < 1.29 is 9.90 Å². The molecule has 0 bridgehead atoms. The number of carbonyl (C=O) groups excluding carboxylic acids is 1. The number of allylic oxidation sites excluding steroid dienone is 1. The van der Waals surface area contributed by atoms with Gasteiger partial charge in [0.05, 0.1) is 6.10 Å². The predicted octanol–water partition coefficient (Wildman–Crippen LogP) is 5.30. The zero-order valence-corrected chi connectivity index (χ0v) is 18.1. The number of aliphatic hydroxyl groups is 1. The van der Waals surface area contributed by atoms with Gasteiger partial charge < -0.3 is 5.11 Å². The van der Waals surface area contributed by atoms with E-state index < -0.39 is 0 Å². The third-order valence-corrected chi connectivity index (χ3v) is 9.64. The van der Waals surface area contributed by atoms with Crippen LogP contribution in [-0.2, 0) is 4.79 Å². The van der Waals surface area contributed by atoms with E-state index in [1.165, 1.54) is 12.0 Å². The van der Waals surface area contributed by atoms with Crippen LogP contribution in [0.1, 0.15) is 77.3 Å². The van der Waals surface area contributed by atoms with E-state index in [-0.39, 0.29) is 28.8 Å². The van der Waals surface area contributed by atoms with Gasteiger partial charge in [-0.25, -0.2) is 0 Å². The number of pyridine rings is 1. The van der Waals surface area contributed by atoms with Crippen molar-refractivity contribution in [3.63, 3.8) is 0 Å². The third-order valence-electron chi connectivity index (χ3n) is 9.64. The lowest BCUT2D eigenvalue weighted by molar-refractivity contribution is -0.128. The predicted molar refractivity (Wildman–Crippen MR) is 114 cm³/mol. The second-order valence-corrected chi connectivity index (χ2v) is 10.9. The standard InChI is InChI=1S/C26H35NO2/c1-16(28)24-20(23-6-4-5-13-27-23)15-22-19-8-7-17-14-18(29)9-11-25(17,2)21(19)10-12-26(22,24)3/h4-7,13,18-22,24,29H,8-12,14-15H2,1-3H3/t18-,19?,20-,21?,22?,24-,25-,26-/m0/s1. The zero-order chi connectivity index (χ0) is 20.4. The molecule has 0 saturated heterocycles. The largest absolute Gasteiger partial charge is 0.393 e. The van der Waals surface area contributed by atoms with Crippen molar-refractivity contribution in [2.24, 2.45) is 34.5 Å². The van der Waals surface area contributed by atoms with Gasteiger partial charge in [-0.15, -0.1) is 0 Å². The molecule has 5 rings (SSSR count). The van der Waals surface area contributed by atoms with Gasteiger partial charge in [-0.1, -0.05) is 31.6 Å². The van der Waals surface area contributed by atoms with E-state index in [2.05, 4.69) is 37.0 Å². The number of aliphatic hydroxyl groups excluding tert-OH is 1. The summed E-state index contributed by atoms with van der Waals surface area (Å²) in [7, 11) is 0. The molecular formula is C26H35NO2. The van der Waals surface area contributed by atoms with Gasteiger partial charge in [-0.05, 0) is 92.6 Å². The van der Waals surface area contributed by atoms with Crippen molar-refractivity contribution in [2.45, 2.75) is 77.7 Å². The molecule has 3 unspecified atom stereocenters. The summed E-state index contributed by atoms with van der Waals surface area (Å²) in [4.78, 5) is 17.6. The molecule has 8 atom stereocenters. The highest BCUT2D eigenvalue weighted by atomic mass is 16.3. The number of fused-ring (bicyclic) bond motifs is 5. The van der Waals surface area contributed by atoms with Crippen molar-refractivity contribution in [1.29, 1.82) is 0 Å². The van der Waals surface area contributed by atoms with Crippen LogP contribution in [0, 0.1) is 34.5 Å². The fourth-order valence-electron chi connectivity index (χ4n) is 8.32. The molecule has 29 heavy (non-hydrogen) atoms. The number of ketones is 1. The lowest BCUT2D eigenvalue weighted by atomic mass is 9.47. The van der Waals surface area contributed by atoms with E-state index in [1.807, 2.05) is 19.2 Å². The highest BCUT2D eigenvalue weighted by Gasteiger charge is 2.62. The van der Waals surface area contributed by atoms with E-state index in [9.17, 15) is 9.90 Å². The molecule has 1 heterocycles. The van der Waals surface area contributed by atoms with Crippen LogP contribution in [0.5, 0.6) is 0 Å². The Morgan fingerprint density at radius 3 is 2.72 bits per heavy atom. The topological polar surface area (TPSA) is 50.2 Å². The molecule has 0 spiro atoms. The zero-order valence-electron chi connectivity index (χ0n) is 18.1. The third kappa shape index (κ3) is 2.80. The van der Waals surface area contributed by atoms with Gasteiger partial charge >= 0.3 is 0 Å². The smallest absolute Gasteiger partial charge is 0.134 e. The van der Waals surface area contributed by atoms with Gasteiger partial charge in [0.1, 0.15) is 5.78 Å². The first-order chi connectivity index (χ1) is 13.8. The number of nitrogens with zero attached hydrogens (tertiary/aromatic N) is 1. The summed E-state index contributed by atoms with van der Waals surface area (Å²) in [5, 5.41) is 10.2. The maximum Gasteiger partial charge on any atom is 0.134 e. The van der Waals surface area contributed by atoms with Gasteiger partial charge in [0.25, 0.3) is 0 Å². The molecule has 4 aliphatic carbocycles. The van der Waals surface area contributed by atoms with Crippen LogP contribution in [0.3, 0.4) is 0 Å². The maximum absolute atomic E-state index is 12.9. The molecule has 3 nitrogen and oxygen atoms in total. The normalized spacial score (nSPS) is 46.3. The fourth-order valence-corrected chi connectivity index (χ4v) is 8.32. The second-order valence-electron chi connectivity index (χ2n) is 10.9. The molecule has 156 valence electrons. The molecule has 0 aliphatic heterocycles. The minimum atomic E-state index is -0.151. The Bertz CT molecular complexity index is 832. The van der Waals surface area contributed by atoms with Crippen molar-refractivity contribution in [2.75, 3.05) is 0 Å². The summed E-state index contributed by atoms with van der Waals surface area (Å²) < 4.78 is 0. The first-order valence-electron chi connectivity index (χ1n) is 11.6. The first kappa shape index (κ1) is 19.5. The summed E-state index contributed by atoms with van der Waals surface area (Å²) in [5.41, 5.74) is 2.96. The van der Waals surface area contributed by atoms with Gasteiger partial charge in [-0.3, -0.25) is 9.78 Å². The lowest BCUT2D eigenvalue weighted by Gasteiger charge is -2.57. The minimum Gasteiger partial charge on any atom is -0.393 e. The summed E-state index contributed by atoms with van der Waals surface area (Å²) in [6.07, 6.45) is 11.7. The van der Waals surface area contributed by atoms with Crippen LogP contribution in [0.25, 0.3) is 0 Å². The van der Waals surface area contributed by atoms with E-state index >= 15 is 0 Å². The van der Waals surface area contributed by atoms with E-state index in [0.29, 0.717) is 23.5 Å². The number of hydrogen-bond acceptors (Lipinski definition) is 3. The molecule has 1 N–H and O–H groups in total. The molecule has 1 aromatic heterocycles. The molecule has 0 radical (unpaired) electrons. The molecule has 3 saturated carbocycles. The van der Waals surface area contributed by atoms with Gasteiger partial charge in [0, 0.05) is 23.7 Å². The Balaban J connectivity index is 1.52. The van der Waals surface area contributed by atoms with Crippen molar-refractivity contribution in [3.05, 3.63) is 41.7 Å². The molecular weight excluding hydrogens is 358 g/mol. The molecule has 3 heteroatoms. The monoisotopic (exact) mass is 393 g/mol. The lowest BCUT2D eigenvalue weighted by Crippen LogP contribution is -2.51. The summed E-state index contributed by atoms with van der Waals surface area (Å²) in [6, 6.07) is 6.16. The van der Waals surface area contributed by atoms with Crippen LogP contribution >= 0.6 is 0 Å². The van der Waals surface area contributed by atoms with E-state index in [0.717, 1.165) is 44.2 Å². The Labute approximate surface area is 175 Å². The number of hydrogen-bond donors (Lipinski definition) is 1. The van der Waals surface area contributed by atoms with Crippen molar-refractivity contribution >= 4 is 5.78 Å². The van der Waals surface area contributed by atoms with Crippen molar-refractivity contribution in [1.82, 2.24) is 4.98 Å².